The molecule has 0 aromatic rings. The fourth-order valence-corrected chi connectivity index (χ4v) is 2.52. The van der Waals surface area contributed by atoms with E-state index in [1.165, 1.54) is 19.9 Å². The highest BCUT2D eigenvalue weighted by Crippen LogP contribution is 2.13. The summed E-state index contributed by atoms with van der Waals surface area (Å²) in [4.78, 5) is 14.0. The number of carbonyl (C=O) groups is 1. The number of nitrogens with one attached hydrogen (secondary N) is 1. The second kappa shape index (κ2) is 7.18. The minimum absolute atomic E-state index is 0.241. The van der Waals surface area contributed by atoms with Gasteiger partial charge in [-0.1, -0.05) is 6.92 Å². The average molecular weight is 292 g/mol. The first-order valence-corrected chi connectivity index (χ1v) is 8.09. The highest BCUT2D eigenvalue weighted by atomic mass is 32.2. The van der Waals surface area contributed by atoms with E-state index in [9.17, 15) is 13.2 Å². The molecule has 0 radical (unpaired) electrons. The molecule has 0 bridgehead atoms. The molecule has 1 heterocycles. The van der Waals surface area contributed by atoms with Crippen molar-refractivity contribution >= 4 is 16.1 Å². The summed E-state index contributed by atoms with van der Waals surface area (Å²) in [6, 6.07) is 0.325. The molecule has 3 N–H and O–H groups in total. The van der Waals surface area contributed by atoms with Gasteiger partial charge in [0.25, 0.3) is 10.2 Å². The van der Waals surface area contributed by atoms with E-state index in [0.717, 1.165) is 23.8 Å². The Morgan fingerprint density at radius 3 is 2.47 bits per heavy atom. The number of nitrogens with zero attached hydrogens (tertiary/aromatic N) is 2. The largest absolute Gasteiger partial charge is 0.353 e. The monoisotopic (exact) mass is 292 g/mol. The molecule has 0 saturated carbocycles. The number of likely N-dealkylation sites (tertiary alicyclic amines) is 1. The Bertz CT molecular complexity index is 393. The van der Waals surface area contributed by atoms with E-state index in [2.05, 4.69) is 17.1 Å². The number of likely N-dealkylation sites (N-methyl/N-ethyl adjacent to an activating group) is 1. The van der Waals surface area contributed by atoms with Gasteiger partial charge in [0.15, 0.2) is 0 Å². The molecule has 7 nitrogen and oxygen atoms in total. The predicted octanol–water partition coefficient (Wildman–Crippen LogP) is -0.888. The Balaban J connectivity index is 2.36. The quantitative estimate of drug-likeness (QED) is 0.636. The number of hydrogen-bond acceptors (Lipinski definition) is 4. The standard InChI is InChI=1S/C11H24N4O3S/c1-3-10(15-6-4-5-7-15)8-13-11(16)9-14(2)19(12,17)18/h10H,3-9H2,1-2H3,(H,13,16)(H2,12,17,18)/t10-/m1/s1. The number of nitrogens with two attached hydrogens (primary N) is 1. The smallest absolute Gasteiger partial charge is 0.277 e. The van der Waals surface area contributed by atoms with E-state index in [-0.39, 0.29) is 12.5 Å². The maximum Gasteiger partial charge on any atom is 0.277 e. The van der Waals surface area contributed by atoms with Gasteiger partial charge in [0, 0.05) is 19.6 Å². The maximum atomic E-state index is 11.6. The average Bonchev–Trinajstić information content (AvgIpc) is 2.82. The molecule has 8 heteroatoms. The molecule has 0 unspecified atom stereocenters. The molecule has 0 aliphatic carbocycles. The zero-order chi connectivity index (χ0) is 14.5. The normalized spacial score (nSPS) is 18.7. The Kier molecular flexibility index (Phi) is 6.18. The molecule has 1 atom stereocenters. The topological polar surface area (TPSA) is 95.7 Å². The predicted molar refractivity (Wildman–Crippen MR) is 73.6 cm³/mol. The molecule has 112 valence electrons. The van der Waals surface area contributed by atoms with Crippen molar-refractivity contribution in [2.45, 2.75) is 32.2 Å². The lowest BCUT2D eigenvalue weighted by Crippen LogP contribution is -2.46. The molecule has 19 heavy (non-hydrogen) atoms. The highest BCUT2D eigenvalue weighted by molar-refractivity contribution is 7.86. The first-order chi connectivity index (χ1) is 8.84. The molecule has 1 amide bonds. The number of amides is 1. The Morgan fingerprint density at radius 2 is 2.00 bits per heavy atom. The van der Waals surface area contributed by atoms with Crippen LogP contribution in [0.15, 0.2) is 0 Å². The van der Waals surface area contributed by atoms with Gasteiger partial charge in [-0.25, -0.2) is 5.14 Å². The number of rotatable bonds is 7. The zero-order valence-corrected chi connectivity index (χ0v) is 12.4. The van der Waals surface area contributed by atoms with Crippen molar-refractivity contribution in [1.29, 1.82) is 0 Å². The lowest BCUT2D eigenvalue weighted by molar-refractivity contribution is -0.121. The number of carbonyl (C=O) groups excluding carboxylic acids is 1. The molecule has 0 aromatic heterocycles. The molecule has 1 saturated heterocycles. The summed E-state index contributed by atoms with van der Waals surface area (Å²) in [7, 11) is -2.51. The van der Waals surface area contributed by atoms with E-state index in [0.29, 0.717) is 12.6 Å². The van der Waals surface area contributed by atoms with Crippen molar-refractivity contribution in [2.75, 3.05) is 33.2 Å². The second-order valence-electron chi connectivity index (χ2n) is 4.91. The van der Waals surface area contributed by atoms with Gasteiger partial charge in [-0.2, -0.15) is 12.7 Å². The van der Waals surface area contributed by atoms with Gasteiger partial charge >= 0.3 is 0 Å². The minimum atomic E-state index is -3.80. The van der Waals surface area contributed by atoms with Crippen LogP contribution in [0.1, 0.15) is 26.2 Å². The van der Waals surface area contributed by atoms with Crippen LogP contribution in [0.25, 0.3) is 0 Å². The molecule has 0 aromatic carbocycles. The van der Waals surface area contributed by atoms with Gasteiger partial charge in [-0.05, 0) is 32.4 Å². The maximum absolute atomic E-state index is 11.6. The molecule has 1 aliphatic rings. The van der Waals surface area contributed by atoms with Crippen molar-refractivity contribution in [2.24, 2.45) is 5.14 Å². The van der Waals surface area contributed by atoms with E-state index >= 15 is 0 Å². The Labute approximate surface area is 115 Å². The second-order valence-corrected chi connectivity index (χ2v) is 6.56. The number of hydrogen-bond donors (Lipinski definition) is 2. The molecule has 0 spiro atoms. The SMILES string of the molecule is CC[C@H](CNC(=O)CN(C)S(N)(=O)=O)N1CCCC1. The van der Waals surface area contributed by atoms with E-state index in [1.807, 2.05) is 0 Å². The summed E-state index contributed by atoms with van der Waals surface area (Å²) in [6.45, 7) is 4.55. The van der Waals surface area contributed by atoms with E-state index < -0.39 is 10.2 Å². The third kappa shape index (κ3) is 5.43. The van der Waals surface area contributed by atoms with Crippen LogP contribution < -0.4 is 10.5 Å². The summed E-state index contributed by atoms with van der Waals surface area (Å²) < 4.78 is 22.8. The van der Waals surface area contributed by atoms with Crippen molar-refractivity contribution < 1.29 is 13.2 Å². The van der Waals surface area contributed by atoms with Crippen LogP contribution in [0.2, 0.25) is 0 Å². The molecule has 1 aliphatic heterocycles. The minimum Gasteiger partial charge on any atom is -0.353 e. The van der Waals surface area contributed by atoms with Gasteiger partial charge in [-0.3, -0.25) is 9.69 Å². The zero-order valence-electron chi connectivity index (χ0n) is 11.6. The molecular weight excluding hydrogens is 268 g/mol. The molecule has 1 fully saturated rings. The fraction of sp³-hybridized carbons (Fsp3) is 0.909. The van der Waals surface area contributed by atoms with Crippen LogP contribution in [-0.4, -0.2) is 62.8 Å². The molecule has 1 rings (SSSR count). The third-order valence-electron chi connectivity index (χ3n) is 3.46. The van der Waals surface area contributed by atoms with Crippen LogP contribution in [0.5, 0.6) is 0 Å². The Hall–Kier alpha value is -0.700. The van der Waals surface area contributed by atoms with Crippen molar-refractivity contribution in [1.82, 2.24) is 14.5 Å². The summed E-state index contributed by atoms with van der Waals surface area (Å²) >= 11 is 0. The fourth-order valence-electron chi connectivity index (χ4n) is 2.22. The van der Waals surface area contributed by atoms with Crippen molar-refractivity contribution in [3.8, 4) is 0 Å². The van der Waals surface area contributed by atoms with Gasteiger partial charge in [0.05, 0.1) is 6.54 Å². The first-order valence-electron chi connectivity index (χ1n) is 6.59. The van der Waals surface area contributed by atoms with Crippen LogP contribution in [-0.2, 0) is 15.0 Å². The Morgan fingerprint density at radius 1 is 1.42 bits per heavy atom. The summed E-state index contributed by atoms with van der Waals surface area (Å²) in [6.07, 6.45) is 3.38. The van der Waals surface area contributed by atoms with Crippen molar-refractivity contribution in [3.63, 3.8) is 0 Å². The highest BCUT2D eigenvalue weighted by Gasteiger charge is 2.21. The van der Waals surface area contributed by atoms with Gasteiger partial charge in [-0.15, -0.1) is 0 Å². The van der Waals surface area contributed by atoms with Crippen LogP contribution in [0.4, 0.5) is 0 Å². The van der Waals surface area contributed by atoms with E-state index in [1.54, 1.807) is 0 Å². The van der Waals surface area contributed by atoms with Crippen molar-refractivity contribution in [3.05, 3.63) is 0 Å². The van der Waals surface area contributed by atoms with Gasteiger partial charge in [0.1, 0.15) is 0 Å². The van der Waals surface area contributed by atoms with E-state index in [4.69, 9.17) is 5.14 Å². The van der Waals surface area contributed by atoms with Gasteiger partial charge < -0.3 is 5.32 Å². The molecular formula is C11H24N4O3S. The third-order valence-corrected chi connectivity index (χ3v) is 4.46. The summed E-state index contributed by atoms with van der Waals surface area (Å²) in [5.41, 5.74) is 0. The van der Waals surface area contributed by atoms with Crippen LogP contribution in [0.3, 0.4) is 0 Å². The summed E-state index contributed by atoms with van der Waals surface area (Å²) in [5.74, 6) is -0.325. The first kappa shape index (κ1) is 16.4. The summed E-state index contributed by atoms with van der Waals surface area (Å²) in [5, 5.41) is 7.69. The van der Waals surface area contributed by atoms with Crippen LogP contribution in [0, 0.1) is 0 Å². The van der Waals surface area contributed by atoms with Crippen LogP contribution >= 0.6 is 0 Å². The lowest BCUT2D eigenvalue weighted by Gasteiger charge is -2.26. The lowest BCUT2D eigenvalue weighted by atomic mass is 10.2. The van der Waals surface area contributed by atoms with Gasteiger partial charge in [0.2, 0.25) is 5.91 Å².